The first-order valence-corrected chi connectivity index (χ1v) is 5.90. The van der Waals surface area contributed by atoms with Gasteiger partial charge in [-0.2, -0.15) is 0 Å². The van der Waals surface area contributed by atoms with Crippen molar-refractivity contribution in [3.8, 4) is 0 Å². The Hall–Kier alpha value is -2.65. The van der Waals surface area contributed by atoms with Crippen molar-refractivity contribution in [1.29, 1.82) is 0 Å². The van der Waals surface area contributed by atoms with E-state index in [4.69, 9.17) is 5.11 Å². The van der Waals surface area contributed by atoms with Gasteiger partial charge in [-0.3, -0.25) is 9.59 Å². The van der Waals surface area contributed by atoms with Crippen molar-refractivity contribution >= 4 is 17.9 Å². The Morgan fingerprint density at radius 2 is 2.05 bits per heavy atom. The molecule has 110 valence electrons. The molecule has 0 aliphatic rings. The quantitative estimate of drug-likeness (QED) is 0.470. The number of nitrogens with one attached hydrogen (secondary N) is 3. The van der Waals surface area contributed by atoms with Crippen LogP contribution in [0.15, 0.2) is 6.20 Å². The van der Waals surface area contributed by atoms with Gasteiger partial charge >= 0.3 is 12.0 Å². The zero-order valence-electron chi connectivity index (χ0n) is 10.9. The minimum absolute atomic E-state index is 0.0842. The Morgan fingerprint density at radius 3 is 2.70 bits per heavy atom. The van der Waals surface area contributed by atoms with Crippen molar-refractivity contribution in [3.63, 3.8) is 0 Å². The Labute approximate surface area is 114 Å². The van der Waals surface area contributed by atoms with Gasteiger partial charge in [0.25, 0.3) is 0 Å². The molecule has 3 amide bonds. The van der Waals surface area contributed by atoms with E-state index in [1.807, 2.05) is 0 Å². The highest BCUT2D eigenvalue weighted by molar-refractivity contribution is 5.83. The van der Waals surface area contributed by atoms with E-state index in [1.165, 1.54) is 6.20 Å². The van der Waals surface area contributed by atoms with E-state index in [0.29, 0.717) is 12.2 Å². The minimum atomic E-state index is -1.03. The highest BCUT2D eigenvalue weighted by Crippen LogP contribution is 1.92. The number of nitrogens with zero attached hydrogens (tertiary/aromatic N) is 3. The van der Waals surface area contributed by atoms with Gasteiger partial charge in [-0.25, -0.2) is 9.48 Å². The van der Waals surface area contributed by atoms with Crippen LogP contribution in [0.3, 0.4) is 0 Å². The van der Waals surface area contributed by atoms with E-state index in [-0.39, 0.29) is 25.5 Å². The van der Waals surface area contributed by atoms with Crippen molar-refractivity contribution in [2.24, 2.45) is 0 Å². The average Bonchev–Trinajstić information content (AvgIpc) is 2.81. The van der Waals surface area contributed by atoms with Gasteiger partial charge in [-0.1, -0.05) is 5.21 Å². The third-order valence-corrected chi connectivity index (χ3v) is 2.10. The van der Waals surface area contributed by atoms with Crippen LogP contribution < -0.4 is 16.0 Å². The molecule has 0 saturated heterocycles. The molecular weight excluding hydrogens is 268 g/mol. The van der Waals surface area contributed by atoms with Crippen LogP contribution in [0.1, 0.15) is 12.6 Å². The molecule has 0 radical (unpaired) electrons. The van der Waals surface area contributed by atoms with Crippen molar-refractivity contribution < 1.29 is 19.5 Å². The van der Waals surface area contributed by atoms with Crippen molar-refractivity contribution in [2.45, 2.75) is 20.0 Å². The average molecular weight is 284 g/mol. The molecule has 10 nitrogen and oxygen atoms in total. The summed E-state index contributed by atoms with van der Waals surface area (Å²) in [5.41, 5.74) is 0.416. The Kier molecular flexibility index (Phi) is 5.94. The van der Waals surface area contributed by atoms with Crippen LogP contribution >= 0.6 is 0 Å². The van der Waals surface area contributed by atoms with E-state index >= 15 is 0 Å². The van der Waals surface area contributed by atoms with E-state index in [1.54, 1.807) is 6.92 Å². The number of carbonyl (C=O) groups excluding carboxylic acids is 2. The first-order chi connectivity index (χ1) is 9.51. The number of carboxylic acids is 1. The molecule has 1 rings (SSSR count). The highest BCUT2D eigenvalue weighted by Gasteiger charge is 2.07. The summed E-state index contributed by atoms with van der Waals surface area (Å²) in [6.45, 7) is 1.94. The third-order valence-electron chi connectivity index (χ3n) is 2.10. The lowest BCUT2D eigenvalue weighted by atomic mass is 10.4. The zero-order chi connectivity index (χ0) is 15.0. The van der Waals surface area contributed by atoms with E-state index < -0.39 is 12.0 Å². The lowest BCUT2D eigenvalue weighted by Gasteiger charge is -2.05. The maximum absolute atomic E-state index is 11.4. The topological polar surface area (TPSA) is 138 Å². The largest absolute Gasteiger partial charge is 0.480 e. The van der Waals surface area contributed by atoms with Gasteiger partial charge in [0, 0.05) is 6.54 Å². The number of carboxylic acid groups (broad SMARTS) is 1. The number of urea groups is 1. The Morgan fingerprint density at radius 1 is 1.30 bits per heavy atom. The minimum Gasteiger partial charge on any atom is -0.480 e. The summed E-state index contributed by atoms with van der Waals surface area (Å²) in [6.07, 6.45) is 1.41. The monoisotopic (exact) mass is 284 g/mol. The van der Waals surface area contributed by atoms with Crippen molar-refractivity contribution in [2.75, 3.05) is 13.1 Å². The number of amides is 3. The second-order valence-electron chi connectivity index (χ2n) is 3.79. The maximum Gasteiger partial charge on any atom is 0.325 e. The molecule has 0 aliphatic heterocycles. The fourth-order valence-corrected chi connectivity index (χ4v) is 1.29. The normalized spacial score (nSPS) is 9.85. The Balaban J connectivity index is 2.28. The van der Waals surface area contributed by atoms with E-state index in [2.05, 4.69) is 26.3 Å². The third kappa shape index (κ3) is 5.80. The van der Waals surface area contributed by atoms with Gasteiger partial charge < -0.3 is 21.1 Å². The Bertz CT molecular complexity index is 486. The lowest BCUT2D eigenvalue weighted by molar-refractivity contribution is -0.137. The summed E-state index contributed by atoms with van der Waals surface area (Å²) in [7, 11) is 0. The van der Waals surface area contributed by atoms with E-state index in [0.717, 1.165) is 4.68 Å². The zero-order valence-corrected chi connectivity index (χ0v) is 10.9. The number of likely N-dealkylation sites (N-methyl/N-ethyl adjacent to an activating group) is 1. The molecule has 1 aromatic heterocycles. The molecule has 0 aliphatic carbocycles. The molecule has 10 heteroatoms. The number of aliphatic carboxylic acids is 1. The molecule has 0 aromatic carbocycles. The van der Waals surface area contributed by atoms with Gasteiger partial charge in [0.15, 0.2) is 0 Å². The van der Waals surface area contributed by atoms with Crippen LogP contribution in [0.25, 0.3) is 0 Å². The number of rotatable bonds is 7. The molecule has 0 fully saturated rings. The van der Waals surface area contributed by atoms with Gasteiger partial charge in [0.2, 0.25) is 5.91 Å². The van der Waals surface area contributed by atoms with Gasteiger partial charge in [0.05, 0.1) is 19.3 Å². The fraction of sp³-hybridized carbons (Fsp3) is 0.500. The van der Waals surface area contributed by atoms with Crippen LogP contribution in [-0.4, -0.2) is 51.1 Å². The highest BCUT2D eigenvalue weighted by atomic mass is 16.4. The van der Waals surface area contributed by atoms with Crippen LogP contribution in [0.5, 0.6) is 0 Å². The molecule has 1 heterocycles. The summed E-state index contributed by atoms with van der Waals surface area (Å²) in [4.78, 5) is 32.9. The molecule has 1 aromatic rings. The van der Waals surface area contributed by atoms with Crippen LogP contribution in [0.2, 0.25) is 0 Å². The van der Waals surface area contributed by atoms with Crippen LogP contribution in [0.4, 0.5) is 4.79 Å². The summed E-state index contributed by atoms with van der Waals surface area (Å²) < 4.78 is 1.14. The van der Waals surface area contributed by atoms with Gasteiger partial charge in [-0.05, 0) is 6.92 Å². The predicted octanol–water partition coefficient (Wildman–Crippen LogP) is -1.70. The molecule has 0 unspecified atom stereocenters. The van der Waals surface area contributed by atoms with Crippen LogP contribution in [0, 0.1) is 0 Å². The SMILES string of the molecule is CCNC(=O)CNC(=O)NCc1cn(CC(=O)O)nn1. The molecule has 0 saturated carbocycles. The lowest BCUT2D eigenvalue weighted by Crippen LogP contribution is -2.41. The number of carbonyl (C=O) groups is 3. The van der Waals surface area contributed by atoms with Gasteiger partial charge in [0.1, 0.15) is 12.2 Å². The first-order valence-electron chi connectivity index (χ1n) is 5.90. The summed E-state index contributed by atoms with van der Waals surface area (Å²) in [5, 5.41) is 23.2. The second kappa shape index (κ2) is 7.71. The molecule has 0 atom stereocenters. The molecule has 0 bridgehead atoms. The molecule has 20 heavy (non-hydrogen) atoms. The number of hydrogen-bond donors (Lipinski definition) is 4. The number of aromatic nitrogens is 3. The summed E-state index contributed by atoms with van der Waals surface area (Å²) in [6, 6.07) is -0.524. The molecule has 0 spiro atoms. The maximum atomic E-state index is 11.4. The molecule has 4 N–H and O–H groups in total. The van der Waals surface area contributed by atoms with E-state index in [9.17, 15) is 14.4 Å². The van der Waals surface area contributed by atoms with Crippen molar-refractivity contribution in [3.05, 3.63) is 11.9 Å². The second-order valence-corrected chi connectivity index (χ2v) is 3.79. The van der Waals surface area contributed by atoms with Crippen LogP contribution in [-0.2, 0) is 22.7 Å². The summed E-state index contributed by atoms with van der Waals surface area (Å²) in [5.74, 6) is -1.32. The smallest absolute Gasteiger partial charge is 0.325 e. The van der Waals surface area contributed by atoms with Crippen molar-refractivity contribution in [1.82, 2.24) is 30.9 Å². The molecular formula is C10H16N6O4. The number of hydrogen-bond acceptors (Lipinski definition) is 5. The first kappa shape index (κ1) is 15.4. The predicted molar refractivity (Wildman–Crippen MR) is 66.6 cm³/mol. The van der Waals surface area contributed by atoms with Gasteiger partial charge in [-0.15, -0.1) is 5.10 Å². The summed E-state index contributed by atoms with van der Waals surface area (Å²) >= 11 is 0. The standard InChI is InChI=1S/C10H16N6O4/c1-2-11-8(17)4-13-10(20)12-3-7-5-16(15-14-7)6-9(18)19/h5H,2-4,6H2,1H3,(H,11,17)(H,18,19)(H2,12,13,20). The fourth-order valence-electron chi connectivity index (χ4n) is 1.29.